The second kappa shape index (κ2) is 6.74. The number of fused-ring (bicyclic) bond motifs is 1. The number of nitrogens with one attached hydrogen (secondary N) is 1. The van der Waals surface area contributed by atoms with Gasteiger partial charge in [-0.25, -0.2) is 4.98 Å². The van der Waals surface area contributed by atoms with Crippen molar-refractivity contribution in [2.45, 2.75) is 0 Å². The van der Waals surface area contributed by atoms with Crippen LogP contribution < -0.4 is 14.9 Å². The number of benzene rings is 2. The number of methoxy groups -OCH3 is 2. The van der Waals surface area contributed by atoms with Gasteiger partial charge < -0.3 is 9.47 Å². The molecule has 1 N–H and O–H groups in total. The maximum absolute atomic E-state index is 5.30. The van der Waals surface area contributed by atoms with Gasteiger partial charge in [-0.1, -0.05) is 12.1 Å². The Morgan fingerprint density at radius 1 is 1.04 bits per heavy atom. The third-order valence-corrected chi connectivity index (χ3v) is 3.27. The van der Waals surface area contributed by atoms with Crippen molar-refractivity contribution < 1.29 is 9.47 Å². The average Bonchev–Trinajstić information content (AvgIpc) is 2.61. The van der Waals surface area contributed by atoms with E-state index in [0.29, 0.717) is 11.6 Å². The molecular weight excluding hydrogens is 292 g/mol. The molecule has 0 aliphatic rings. The number of nitrogens with zero attached hydrogens (tertiary/aromatic N) is 3. The Kier molecular flexibility index (Phi) is 4.33. The minimum Gasteiger partial charge on any atom is -0.497 e. The second-order valence-electron chi connectivity index (χ2n) is 4.72. The predicted molar refractivity (Wildman–Crippen MR) is 90.3 cm³/mol. The lowest BCUT2D eigenvalue weighted by Gasteiger charge is -2.07. The number of anilines is 1. The molecule has 6 nitrogen and oxygen atoms in total. The lowest BCUT2D eigenvalue weighted by Crippen LogP contribution is -1.97. The minimum atomic E-state index is 0.571. The van der Waals surface area contributed by atoms with Crippen LogP contribution >= 0.6 is 0 Å². The Bertz CT molecular complexity index is 849. The number of hydrogen-bond acceptors (Lipinski definition) is 6. The highest BCUT2D eigenvalue weighted by atomic mass is 16.5. The highest BCUT2D eigenvalue weighted by Crippen LogP contribution is 2.22. The predicted octanol–water partition coefficient (Wildman–Crippen LogP) is 3.09. The molecule has 1 heterocycles. The third-order valence-electron chi connectivity index (χ3n) is 3.27. The highest BCUT2D eigenvalue weighted by Gasteiger charge is 2.03. The van der Waals surface area contributed by atoms with Crippen molar-refractivity contribution in [3.8, 4) is 11.5 Å². The largest absolute Gasteiger partial charge is 0.497 e. The molecule has 0 aliphatic carbocycles. The molecule has 0 radical (unpaired) electrons. The van der Waals surface area contributed by atoms with Gasteiger partial charge in [0.2, 0.25) is 0 Å². The first kappa shape index (κ1) is 14.8. The van der Waals surface area contributed by atoms with E-state index in [1.165, 1.54) is 0 Å². The van der Waals surface area contributed by atoms with E-state index in [1.54, 1.807) is 26.6 Å². The van der Waals surface area contributed by atoms with Crippen molar-refractivity contribution in [1.29, 1.82) is 0 Å². The van der Waals surface area contributed by atoms with E-state index in [-0.39, 0.29) is 0 Å². The van der Waals surface area contributed by atoms with Crippen LogP contribution in [0.2, 0.25) is 0 Å². The molecule has 3 rings (SSSR count). The topological polar surface area (TPSA) is 68.6 Å². The van der Waals surface area contributed by atoms with Crippen LogP contribution in [0, 0.1) is 0 Å². The van der Waals surface area contributed by atoms with Crippen molar-refractivity contribution >= 4 is 23.1 Å². The fraction of sp³-hybridized carbons (Fsp3) is 0.118. The zero-order valence-corrected chi connectivity index (χ0v) is 12.9. The first-order chi connectivity index (χ1) is 11.3. The molecule has 0 spiro atoms. The standard InChI is InChI=1S/C17H16N4O2/c1-22-13-7-8-16(23-2)12(9-13)10-19-21-17-11-18-14-5-3-4-6-15(14)20-17/h3-11H,1-2H3,(H,20,21)/b19-10+. The minimum absolute atomic E-state index is 0.571. The summed E-state index contributed by atoms with van der Waals surface area (Å²) in [5.41, 5.74) is 5.33. The smallest absolute Gasteiger partial charge is 0.165 e. The van der Waals surface area contributed by atoms with E-state index in [2.05, 4.69) is 20.5 Å². The number of para-hydroxylation sites is 2. The van der Waals surface area contributed by atoms with Crippen LogP contribution in [0.15, 0.2) is 53.8 Å². The van der Waals surface area contributed by atoms with E-state index in [1.807, 2.05) is 42.5 Å². The third kappa shape index (κ3) is 3.37. The SMILES string of the molecule is COc1ccc(OC)c(/C=N/Nc2cnc3ccccc3n2)c1. The van der Waals surface area contributed by atoms with Gasteiger partial charge in [-0.2, -0.15) is 5.10 Å². The number of rotatable bonds is 5. The number of aromatic nitrogens is 2. The van der Waals surface area contributed by atoms with E-state index in [9.17, 15) is 0 Å². The van der Waals surface area contributed by atoms with Gasteiger partial charge in [0.25, 0.3) is 0 Å². The van der Waals surface area contributed by atoms with Gasteiger partial charge in [-0.3, -0.25) is 10.4 Å². The number of hydrogen-bond donors (Lipinski definition) is 1. The average molecular weight is 308 g/mol. The molecule has 116 valence electrons. The summed E-state index contributed by atoms with van der Waals surface area (Å²) < 4.78 is 10.5. The summed E-state index contributed by atoms with van der Waals surface area (Å²) in [5, 5.41) is 4.19. The lowest BCUT2D eigenvalue weighted by atomic mass is 10.2. The van der Waals surface area contributed by atoms with Crippen LogP contribution in [0.5, 0.6) is 11.5 Å². The summed E-state index contributed by atoms with van der Waals surface area (Å²) in [6, 6.07) is 13.2. The zero-order valence-electron chi connectivity index (χ0n) is 12.9. The quantitative estimate of drug-likeness (QED) is 0.579. The van der Waals surface area contributed by atoms with Crippen LogP contribution in [0.3, 0.4) is 0 Å². The Morgan fingerprint density at radius 3 is 2.65 bits per heavy atom. The highest BCUT2D eigenvalue weighted by molar-refractivity contribution is 5.84. The second-order valence-corrected chi connectivity index (χ2v) is 4.72. The normalized spacial score (nSPS) is 10.9. The number of ether oxygens (including phenoxy) is 2. The van der Waals surface area contributed by atoms with Crippen molar-refractivity contribution in [3.63, 3.8) is 0 Å². The van der Waals surface area contributed by atoms with Gasteiger partial charge >= 0.3 is 0 Å². The molecular formula is C17H16N4O2. The van der Waals surface area contributed by atoms with E-state index >= 15 is 0 Å². The molecule has 0 unspecified atom stereocenters. The zero-order chi connectivity index (χ0) is 16.1. The summed E-state index contributed by atoms with van der Waals surface area (Å²) in [7, 11) is 3.23. The van der Waals surface area contributed by atoms with Crippen LogP contribution in [0.25, 0.3) is 11.0 Å². The maximum Gasteiger partial charge on any atom is 0.165 e. The van der Waals surface area contributed by atoms with Gasteiger partial charge in [0, 0.05) is 5.56 Å². The molecule has 2 aromatic carbocycles. The molecule has 3 aromatic rings. The fourth-order valence-electron chi connectivity index (χ4n) is 2.12. The first-order valence-corrected chi connectivity index (χ1v) is 7.03. The van der Waals surface area contributed by atoms with E-state index in [0.717, 1.165) is 22.3 Å². The van der Waals surface area contributed by atoms with Crippen LogP contribution in [0.1, 0.15) is 5.56 Å². The Balaban J connectivity index is 1.79. The number of hydrazone groups is 1. The molecule has 0 fully saturated rings. The molecule has 0 atom stereocenters. The monoisotopic (exact) mass is 308 g/mol. The molecule has 0 aliphatic heterocycles. The Hall–Kier alpha value is -3.15. The van der Waals surface area contributed by atoms with E-state index in [4.69, 9.17) is 9.47 Å². The maximum atomic E-state index is 5.30. The Morgan fingerprint density at radius 2 is 1.87 bits per heavy atom. The molecule has 23 heavy (non-hydrogen) atoms. The van der Waals surface area contributed by atoms with Gasteiger partial charge in [0.1, 0.15) is 11.5 Å². The van der Waals surface area contributed by atoms with Crippen molar-refractivity contribution in [1.82, 2.24) is 9.97 Å². The van der Waals surface area contributed by atoms with Crippen molar-refractivity contribution in [2.24, 2.45) is 5.10 Å². The van der Waals surface area contributed by atoms with Gasteiger partial charge in [-0.05, 0) is 30.3 Å². The molecule has 0 saturated heterocycles. The first-order valence-electron chi connectivity index (χ1n) is 7.03. The van der Waals surface area contributed by atoms with Crippen LogP contribution in [-0.2, 0) is 0 Å². The molecule has 0 saturated carbocycles. The van der Waals surface area contributed by atoms with Gasteiger partial charge in [-0.15, -0.1) is 0 Å². The fourth-order valence-corrected chi connectivity index (χ4v) is 2.12. The van der Waals surface area contributed by atoms with Crippen LogP contribution in [-0.4, -0.2) is 30.4 Å². The summed E-state index contributed by atoms with van der Waals surface area (Å²) in [6.07, 6.45) is 3.29. The molecule has 1 aromatic heterocycles. The molecule has 0 amide bonds. The molecule has 6 heteroatoms. The summed E-state index contributed by atoms with van der Waals surface area (Å²) in [5.74, 6) is 2.01. The lowest BCUT2D eigenvalue weighted by molar-refractivity contribution is 0.402. The summed E-state index contributed by atoms with van der Waals surface area (Å²) >= 11 is 0. The summed E-state index contributed by atoms with van der Waals surface area (Å²) in [4.78, 5) is 8.76. The molecule has 0 bridgehead atoms. The van der Waals surface area contributed by atoms with Gasteiger partial charge in [0.05, 0.1) is 37.7 Å². The van der Waals surface area contributed by atoms with Crippen LogP contribution in [0.4, 0.5) is 5.82 Å². The Labute approximate surface area is 133 Å². The summed E-state index contributed by atoms with van der Waals surface area (Å²) in [6.45, 7) is 0. The van der Waals surface area contributed by atoms with Crippen molar-refractivity contribution in [3.05, 3.63) is 54.2 Å². The van der Waals surface area contributed by atoms with Crippen molar-refractivity contribution in [2.75, 3.05) is 19.6 Å². The van der Waals surface area contributed by atoms with E-state index < -0.39 is 0 Å². The van der Waals surface area contributed by atoms with Gasteiger partial charge in [0.15, 0.2) is 5.82 Å².